The first-order valence-electron chi connectivity index (χ1n) is 5.72. The molecule has 0 aromatic carbocycles. The van der Waals surface area contributed by atoms with Gasteiger partial charge in [-0.05, 0) is 33.2 Å². The largest absolute Gasteiger partial charge is 0.380 e. The third-order valence-electron chi connectivity index (χ3n) is 3.48. The molecule has 0 aliphatic carbocycles. The molecule has 3 atom stereocenters. The van der Waals surface area contributed by atoms with Crippen LogP contribution in [0.4, 0.5) is 0 Å². The van der Waals surface area contributed by atoms with Gasteiger partial charge in [-0.25, -0.2) is 0 Å². The highest BCUT2D eigenvalue weighted by Gasteiger charge is 2.36. The molecular weight excluding hydrogens is 192 g/mol. The van der Waals surface area contributed by atoms with Crippen LogP contribution in [0.2, 0.25) is 0 Å². The molecule has 0 saturated carbocycles. The van der Waals surface area contributed by atoms with Gasteiger partial charge in [-0.3, -0.25) is 0 Å². The molecule has 0 spiro atoms. The lowest BCUT2D eigenvalue weighted by atomic mass is 9.94. The van der Waals surface area contributed by atoms with Crippen LogP contribution in [-0.4, -0.2) is 44.6 Å². The Morgan fingerprint density at radius 3 is 2.87 bits per heavy atom. The first kappa shape index (κ1) is 12.9. The van der Waals surface area contributed by atoms with Gasteiger partial charge in [-0.15, -0.1) is 0 Å². The fourth-order valence-electron chi connectivity index (χ4n) is 1.92. The Morgan fingerprint density at radius 1 is 1.67 bits per heavy atom. The molecule has 3 N–H and O–H groups in total. The van der Waals surface area contributed by atoms with Crippen molar-refractivity contribution in [3.8, 4) is 0 Å². The van der Waals surface area contributed by atoms with Gasteiger partial charge in [0.25, 0.3) is 0 Å². The van der Waals surface area contributed by atoms with E-state index in [1.165, 1.54) is 0 Å². The smallest absolute Gasteiger partial charge is 0.0726 e. The van der Waals surface area contributed by atoms with Gasteiger partial charge < -0.3 is 20.5 Å². The van der Waals surface area contributed by atoms with Crippen LogP contribution in [0.15, 0.2) is 0 Å². The number of hydrogen-bond donors (Lipinski definition) is 2. The van der Waals surface area contributed by atoms with Gasteiger partial charge in [-0.1, -0.05) is 0 Å². The second-order valence-electron chi connectivity index (χ2n) is 4.49. The summed E-state index contributed by atoms with van der Waals surface area (Å²) in [7, 11) is 1.71. The van der Waals surface area contributed by atoms with Crippen LogP contribution < -0.4 is 11.1 Å². The summed E-state index contributed by atoms with van der Waals surface area (Å²) in [6.45, 7) is 6.71. The number of nitrogens with two attached hydrogens (primary N) is 1. The van der Waals surface area contributed by atoms with Crippen molar-refractivity contribution in [3.63, 3.8) is 0 Å². The maximum absolute atomic E-state index is 5.56. The molecule has 1 fully saturated rings. The van der Waals surface area contributed by atoms with Crippen LogP contribution in [-0.2, 0) is 9.47 Å². The predicted molar refractivity (Wildman–Crippen MR) is 60.9 cm³/mol. The van der Waals surface area contributed by atoms with E-state index in [0.717, 1.165) is 26.0 Å². The van der Waals surface area contributed by atoms with E-state index in [9.17, 15) is 0 Å². The van der Waals surface area contributed by atoms with Crippen LogP contribution in [0, 0.1) is 0 Å². The zero-order valence-corrected chi connectivity index (χ0v) is 10.1. The highest BCUT2D eigenvalue weighted by Crippen LogP contribution is 2.24. The number of ether oxygens (including phenoxy) is 2. The van der Waals surface area contributed by atoms with Crippen molar-refractivity contribution in [1.82, 2.24) is 5.32 Å². The van der Waals surface area contributed by atoms with E-state index in [2.05, 4.69) is 19.2 Å². The molecule has 0 aromatic heterocycles. The zero-order valence-electron chi connectivity index (χ0n) is 10.1. The fourth-order valence-corrected chi connectivity index (χ4v) is 1.92. The molecule has 1 heterocycles. The maximum atomic E-state index is 5.56. The quantitative estimate of drug-likeness (QED) is 0.679. The van der Waals surface area contributed by atoms with E-state index in [1.807, 2.05) is 0 Å². The van der Waals surface area contributed by atoms with Crippen molar-refractivity contribution in [1.29, 1.82) is 0 Å². The molecule has 1 aliphatic heterocycles. The second kappa shape index (κ2) is 5.80. The number of hydrogen-bond acceptors (Lipinski definition) is 4. The van der Waals surface area contributed by atoms with Crippen molar-refractivity contribution in [2.45, 2.75) is 44.4 Å². The summed E-state index contributed by atoms with van der Waals surface area (Å²) in [5.74, 6) is 0. The molecule has 15 heavy (non-hydrogen) atoms. The summed E-state index contributed by atoms with van der Waals surface area (Å²) in [5.41, 5.74) is 5.68. The summed E-state index contributed by atoms with van der Waals surface area (Å²) < 4.78 is 10.8. The van der Waals surface area contributed by atoms with E-state index in [-0.39, 0.29) is 17.7 Å². The minimum Gasteiger partial charge on any atom is -0.380 e. The lowest BCUT2D eigenvalue weighted by Crippen LogP contribution is -2.48. The maximum Gasteiger partial charge on any atom is 0.0726 e. The van der Waals surface area contributed by atoms with E-state index < -0.39 is 0 Å². The molecule has 0 bridgehead atoms. The van der Waals surface area contributed by atoms with E-state index in [0.29, 0.717) is 6.54 Å². The molecule has 0 radical (unpaired) electrons. The van der Waals surface area contributed by atoms with Crippen LogP contribution in [0.1, 0.15) is 26.7 Å². The molecule has 90 valence electrons. The van der Waals surface area contributed by atoms with Gasteiger partial charge in [0.15, 0.2) is 0 Å². The first-order valence-corrected chi connectivity index (χ1v) is 5.72. The molecule has 1 rings (SSSR count). The average molecular weight is 216 g/mol. The van der Waals surface area contributed by atoms with Gasteiger partial charge in [0.1, 0.15) is 0 Å². The lowest BCUT2D eigenvalue weighted by Gasteiger charge is -2.29. The van der Waals surface area contributed by atoms with Crippen LogP contribution in [0.25, 0.3) is 0 Å². The third kappa shape index (κ3) is 3.41. The van der Waals surface area contributed by atoms with E-state index in [1.54, 1.807) is 7.11 Å². The van der Waals surface area contributed by atoms with Crippen LogP contribution >= 0.6 is 0 Å². The van der Waals surface area contributed by atoms with Crippen molar-refractivity contribution in [2.75, 3.05) is 26.8 Å². The summed E-state index contributed by atoms with van der Waals surface area (Å²) in [6.07, 6.45) is 2.49. The Labute approximate surface area is 92.5 Å². The SMILES string of the molecule is COC(CN)CCNC1(C)CCOC1C. The predicted octanol–water partition coefficient (Wildman–Crippen LogP) is 0.507. The van der Waals surface area contributed by atoms with Gasteiger partial charge in [-0.2, -0.15) is 0 Å². The van der Waals surface area contributed by atoms with E-state index >= 15 is 0 Å². The molecule has 0 amide bonds. The zero-order chi connectivity index (χ0) is 11.3. The summed E-state index contributed by atoms with van der Waals surface area (Å²) in [4.78, 5) is 0. The Bertz CT molecular complexity index is 185. The standard InChI is InChI=1S/C11H24N2O2/c1-9-11(2,5-7-15-9)13-6-4-10(8-12)14-3/h9-10,13H,4-8,12H2,1-3H3. The topological polar surface area (TPSA) is 56.5 Å². The van der Waals surface area contributed by atoms with Gasteiger partial charge in [0, 0.05) is 25.8 Å². The van der Waals surface area contributed by atoms with Crippen LogP contribution in [0.5, 0.6) is 0 Å². The molecular formula is C11H24N2O2. The van der Waals surface area contributed by atoms with Crippen molar-refractivity contribution in [2.24, 2.45) is 5.73 Å². The highest BCUT2D eigenvalue weighted by molar-refractivity contribution is 4.93. The second-order valence-corrected chi connectivity index (χ2v) is 4.49. The lowest BCUT2D eigenvalue weighted by molar-refractivity contribution is 0.0794. The van der Waals surface area contributed by atoms with Crippen molar-refractivity contribution >= 4 is 0 Å². The monoisotopic (exact) mass is 216 g/mol. The molecule has 1 saturated heterocycles. The average Bonchev–Trinajstić information content (AvgIpc) is 2.55. The Morgan fingerprint density at radius 2 is 2.40 bits per heavy atom. The highest BCUT2D eigenvalue weighted by atomic mass is 16.5. The first-order chi connectivity index (χ1) is 7.12. The number of nitrogens with one attached hydrogen (secondary N) is 1. The number of methoxy groups -OCH3 is 1. The van der Waals surface area contributed by atoms with Gasteiger partial charge in [0.05, 0.1) is 12.2 Å². The van der Waals surface area contributed by atoms with E-state index in [4.69, 9.17) is 15.2 Å². The minimum absolute atomic E-state index is 0.118. The minimum atomic E-state index is 0.118. The Kier molecular flexibility index (Phi) is 4.99. The Hall–Kier alpha value is -0.160. The van der Waals surface area contributed by atoms with Crippen molar-refractivity contribution < 1.29 is 9.47 Å². The van der Waals surface area contributed by atoms with Gasteiger partial charge >= 0.3 is 0 Å². The normalized spacial score (nSPS) is 33.2. The molecule has 3 unspecified atom stereocenters. The Balaban J connectivity index is 2.24. The molecule has 4 heteroatoms. The number of rotatable bonds is 6. The molecule has 1 aliphatic rings. The summed E-state index contributed by atoms with van der Waals surface area (Å²) in [5, 5.41) is 3.55. The molecule has 0 aromatic rings. The van der Waals surface area contributed by atoms with Crippen LogP contribution in [0.3, 0.4) is 0 Å². The fraction of sp³-hybridized carbons (Fsp3) is 1.00. The summed E-state index contributed by atoms with van der Waals surface area (Å²) in [6, 6.07) is 0. The molecule has 4 nitrogen and oxygen atoms in total. The van der Waals surface area contributed by atoms with Crippen molar-refractivity contribution in [3.05, 3.63) is 0 Å². The van der Waals surface area contributed by atoms with Gasteiger partial charge in [0.2, 0.25) is 0 Å². The third-order valence-corrected chi connectivity index (χ3v) is 3.48. The summed E-state index contributed by atoms with van der Waals surface area (Å²) >= 11 is 0.